The number of amides is 2. The molecule has 0 atom stereocenters. The molecule has 2 fully saturated rings. The third kappa shape index (κ3) is 4.16. The van der Waals surface area contributed by atoms with Crippen molar-refractivity contribution < 1.29 is 19.1 Å². The Bertz CT molecular complexity index is 613. The summed E-state index contributed by atoms with van der Waals surface area (Å²) >= 11 is 0. The second-order valence-electron chi connectivity index (χ2n) is 7.03. The lowest BCUT2D eigenvalue weighted by Crippen LogP contribution is -2.49. The first kappa shape index (κ1) is 18.7. The first-order valence-electron chi connectivity index (χ1n) is 8.97. The van der Waals surface area contributed by atoms with E-state index in [1.54, 1.807) is 29.2 Å². The number of carbonyl (C=O) groups excluding carboxylic acids is 2. The number of piperidine rings is 1. The molecule has 0 radical (unpaired) electrons. The van der Waals surface area contributed by atoms with Gasteiger partial charge >= 0.3 is 6.09 Å². The molecule has 1 N–H and O–H groups in total. The molecule has 2 aliphatic rings. The molecule has 9 nitrogen and oxygen atoms in total. The summed E-state index contributed by atoms with van der Waals surface area (Å²) in [7, 11) is 3.69. The number of rotatable bonds is 7. The molecule has 26 heavy (non-hydrogen) atoms. The van der Waals surface area contributed by atoms with E-state index in [0.29, 0.717) is 51.3 Å². The molecular weight excluding hydrogens is 338 g/mol. The van der Waals surface area contributed by atoms with Crippen molar-refractivity contribution in [2.45, 2.75) is 18.4 Å². The molecule has 0 aromatic carbocycles. The van der Waals surface area contributed by atoms with Crippen molar-refractivity contribution in [2.75, 3.05) is 60.0 Å². The molecule has 2 aliphatic heterocycles. The number of nitrogens with one attached hydrogen (secondary N) is 1. The maximum Gasteiger partial charge on any atom is 0.410 e. The highest BCUT2D eigenvalue weighted by Gasteiger charge is 2.47. The van der Waals surface area contributed by atoms with Gasteiger partial charge in [0, 0.05) is 58.9 Å². The van der Waals surface area contributed by atoms with Crippen molar-refractivity contribution in [1.82, 2.24) is 24.9 Å². The number of likely N-dealkylation sites (tertiary alicyclic amines) is 1. The van der Waals surface area contributed by atoms with Gasteiger partial charge in [-0.3, -0.25) is 9.89 Å². The fourth-order valence-corrected chi connectivity index (χ4v) is 3.44. The van der Waals surface area contributed by atoms with E-state index < -0.39 is 5.60 Å². The van der Waals surface area contributed by atoms with Crippen molar-refractivity contribution >= 4 is 12.0 Å². The van der Waals surface area contributed by atoms with Crippen LogP contribution in [0.1, 0.15) is 23.3 Å². The van der Waals surface area contributed by atoms with Crippen LogP contribution in [0.2, 0.25) is 0 Å². The Morgan fingerprint density at radius 1 is 1.42 bits per heavy atom. The number of hydrogen-bond acceptors (Lipinski definition) is 6. The summed E-state index contributed by atoms with van der Waals surface area (Å²) in [4.78, 5) is 30.3. The van der Waals surface area contributed by atoms with Crippen LogP contribution in [-0.2, 0) is 9.47 Å². The third-order valence-electron chi connectivity index (χ3n) is 5.16. The standard InChI is InChI=1S/C17H27N5O4/c1-20(11-12-25-2)9-10-22-13-17(26-16(22)24)4-7-21(8-5-17)15(23)14-3-6-18-19-14/h3,6H,4-5,7-13H2,1-2H3,(H,18,19). The number of aromatic amines is 1. The molecular formula is C17H27N5O4. The van der Waals surface area contributed by atoms with Crippen molar-refractivity contribution in [2.24, 2.45) is 0 Å². The maximum atomic E-state index is 12.4. The monoisotopic (exact) mass is 365 g/mol. The summed E-state index contributed by atoms with van der Waals surface area (Å²) in [5.41, 5.74) is 0.0255. The number of H-pyrrole nitrogens is 1. The van der Waals surface area contributed by atoms with Crippen molar-refractivity contribution in [1.29, 1.82) is 0 Å². The Hall–Kier alpha value is -2.13. The van der Waals surface area contributed by atoms with Gasteiger partial charge in [-0.15, -0.1) is 0 Å². The van der Waals surface area contributed by atoms with Crippen LogP contribution in [0.15, 0.2) is 12.3 Å². The molecule has 0 unspecified atom stereocenters. The topological polar surface area (TPSA) is 91.0 Å². The predicted octanol–water partition coefficient (Wildman–Crippen LogP) is 0.415. The Morgan fingerprint density at radius 3 is 2.85 bits per heavy atom. The molecule has 0 saturated carbocycles. The lowest BCUT2D eigenvalue weighted by atomic mass is 9.91. The van der Waals surface area contributed by atoms with Crippen LogP contribution in [0.25, 0.3) is 0 Å². The maximum absolute atomic E-state index is 12.4. The van der Waals surface area contributed by atoms with E-state index in [1.165, 1.54) is 0 Å². The zero-order valence-corrected chi connectivity index (χ0v) is 15.4. The molecule has 2 amide bonds. The molecule has 3 rings (SSSR count). The largest absolute Gasteiger partial charge is 0.441 e. The molecule has 144 valence electrons. The Morgan fingerprint density at radius 2 is 2.19 bits per heavy atom. The van der Waals surface area contributed by atoms with Crippen LogP contribution in [-0.4, -0.2) is 103 Å². The van der Waals surface area contributed by atoms with Crippen LogP contribution in [0.5, 0.6) is 0 Å². The van der Waals surface area contributed by atoms with Crippen LogP contribution in [0, 0.1) is 0 Å². The van der Waals surface area contributed by atoms with E-state index in [1.807, 2.05) is 7.05 Å². The Labute approximate surface area is 153 Å². The van der Waals surface area contributed by atoms with Gasteiger partial charge in [0.1, 0.15) is 11.3 Å². The van der Waals surface area contributed by atoms with Crippen LogP contribution < -0.4 is 0 Å². The highest BCUT2D eigenvalue weighted by atomic mass is 16.6. The van der Waals surface area contributed by atoms with E-state index in [2.05, 4.69) is 15.1 Å². The van der Waals surface area contributed by atoms with Gasteiger partial charge < -0.3 is 24.2 Å². The Kier molecular flexibility index (Phi) is 5.77. The van der Waals surface area contributed by atoms with Crippen molar-refractivity contribution in [3.05, 3.63) is 18.0 Å². The second-order valence-corrected chi connectivity index (χ2v) is 7.03. The summed E-state index contributed by atoms with van der Waals surface area (Å²) in [6.07, 6.45) is 2.64. The third-order valence-corrected chi connectivity index (χ3v) is 5.16. The number of carbonyl (C=O) groups is 2. The number of likely N-dealkylation sites (N-methyl/N-ethyl adjacent to an activating group) is 1. The van der Waals surface area contributed by atoms with Gasteiger partial charge in [0.15, 0.2) is 0 Å². The number of aromatic nitrogens is 2. The van der Waals surface area contributed by atoms with Gasteiger partial charge in [-0.25, -0.2) is 4.79 Å². The molecule has 9 heteroatoms. The van der Waals surface area contributed by atoms with E-state index in [4.69, 9.17) is 9.47 Å². The number of methoxy groups -OCH3 is 1. The minimum absolute atomic E-state index is 0.0571. The van der Waals surface area contributed by atoms with E-state index in [0.717, 1.165) is 13.1 Å². The summed E-state index contributed by atoms with van der Waals surface area (Å²) < 4.78 is 10.8. The molecule has 3 heterocycles. The average Bonchev–Trinajstić information content (AvgIpc) is 3.27. The second kappa shape index (κ2) is 8.05. The fourth-order valence-electron chi connectivity index (χ4n) is 3.44. The zero-order chi connectivity index (χ0) is 18.6. The molecule has 1 aromatic rings. The smallest absolute Gasteiger partial charge is 0.410 e. The van der Waals surface area contributed by atoms with Gasteiger partial charge in [-0.1, -0.05) is 0 Å². The SMILES string of the molecule is COCCN(C)CCN1CC2(CCN(C(=O)c3ccn[nH]3)CC2)OC1=O. The summed E-state index contributed by atoms with van der Waals surface area (Å²) in [6.45, 7) is 4.66. The molecule has 2 saturated heterocycles. The minimum Gasteiger partial charge on any atom is -0.441 e. The highest BCUT2D eigenvalue weighted by Crippen LogP contribution is 2.33. The van der Waals surface area contributed by atoms with E-state index >= 15 is 0 Å². The lowest BCUT2D eigenvalue weighted by Gasteiger charge is -2.37. The van der Waals surface area contributed by atoms with Crippen LogP contribution in [0.4, 0.5) is 4.79 Å². The van der Waals surface area contributed by atoms with Gasteiger partial charge in [-0.2, -0.15) is 5.10 Å². The average molecular weight is 365 g/mol. The first-order chi connectivity index (χ1) is 12.5. The summed E-state index contributed by atoms with van der Waals surface area (Å²) in [5, 5.41) is 6.52. The van der Waals surface area contributed by atoms with E-state index in [9.17, 15) is 9.59 Å². The quantitative estimate of drug-likeness (QED) is 0.753. The summed E-state index contributed by atoms with van der Waals surface area (Å²) in [5.74, 6) is -0.0571. The van der Waals surface area contributed by atoms with Crippen LogP contribution in [0.3, 0.4) is 0 Å². The minimum atomic E-state index is -0.465. The van der Waals surface area contributed by atoms with Crippen molar-refractivity contribution in [3.8, 4) is 0 Å². The van der Waals surface area contributed by atoms with Gasteiger partial charge in [0.25, 0.3) is 5.91 Å². The highest BCUT2D eigenvalue weighted by molar-refractivity contribution is 5.92. The normalized spacial score (nSPS) is 19.4. The predicted molar refractivity (Wildman–Crippen MR) is 93.9 cm³/mol. The zero-order valence-electron chi connectivity index (χ0n) is 15.4. The first-order valence-corrected chi connectivity index (χ1v) is 8.97. The number of nitrogens with zero attached hydrogens (tertiary/aromatic N) is 4. The van der Waals surface area contributed by atoms with Gasteiger partial charge in [0.2, 0.25) is 0 Å². The molecule has 1 aromatic heterocycles. The Balaban J connectivity index is 1.48. The van der Waals surface area contributed by atoms with E-state index in [-0.39, 0.29) is 12.0 Å². The number of ether oxygens (including phenoxy) is 2. The van der Waals surface area contributed by atoms with Crippen molar-refractivity contribution in [3.63, 3.8) is 0 Å². The molecule has 0 aliphatic carbocycles. The summed E-state index contributed by atoms with van der Waals surface area (Å²) in [6, 6.07) is 1.67. The van der Waals surface area contributed by atoms with Crippen LogP contribution >= 0.6 is 0 Å². The van der Waals surface area contributed by atoms with Gasteiger partial charge in [0.05, 0.1) is 13.2 Å². The number of hydrogen-bond donors (Lipinski definition) is 1. The van der Waals surface area contributed by atoms with Gasteiger partial charge in [-0.05, 0) is 13.1 Å². The lowest BCUT2D eigenvalue weighted by molar-refractivity contribution is 0.00295. The fraction of sp³-hybridized carbons (Fsp3) is 0.706. The molecule has 0 bridgehead atoms. The molecule has 1 spiro atoms.